The molecule has 3 rings (SSSR count). The lowest BCUT2D eigenvalue weighted by molar-refractivity contribution is 0.104. The molecule has 0 fully saturated rings. The van der Waals surface area contributed by atoms with Gasteiger partial charge in [-0.3, -0.25) is 4.79 Å². The van der Waals surface area contributed by atoms with E-state index in [0.29, 0.717) is 15.0 Å². The SMILES string of the molecule is O=C1/C(=C\c2ccc(Cl)c(Cl)c2)Sc2ccccc21. The van der Waals surface area contributed by atoms with Crippen LogP contribution in [0, 0.1) is 0 Å². The number of benzene rings is 2. The number of carbonyl (C=O) groups is 1. The fraction of sp³-hybridized carbons (Fsp3) is 0. The first-order chi connectivity index (χ1) is 9.15. The van der Waals surface area contributed by atoms with Crippen molar-refractivity contribution in [3.05, 3.63) is 68.5 Å². The summed E-state index contributed by atoms with van der Waals surface area (Å²) < 4.78 is 0. The molecule has 0 aliphatic carbocycles. The Morgan fingerprint density at radius 1 is 1.00 bits per heavy atom. The van der Waals surface area contributed by atoms with Crippen molar-refractivity contribution < 1.29 is 4.79 Å². The third-order valence-electron chi connectivity index (χ3n) is 2.82. The van der Waals surface area contributed by atoms with E-state index in [9.17, 15) is 4.79 Å². The Balaban J connectivity index is 1.98. The number of fused-ring (bicyclic) bond motifs is 1. The summed E-state index contributed by atoms with van der Waals surface area (Å²) in [6.45, 7) is 0. The predicted molar refractivity (Wildman–Crippen MR) is 81.1 cm³/mol. The zero-order chi connectivity index (χ0) is 13.4. The van der Waals surface area contributed by atoms with Gasteiger partial charge in [0.2, 0.25) is 5.78 Å². The van der Waals surface area contributed by atoms with E-state index in [1.165, 1.54) is 11.8 Å². The molecule has 1 nitrogen and oxygen atoms in total. The Kier molecular flexibility index (Phi) is 3.40. The third-order valence-corrected chi connectivity index (χ3v) is 4.65. The van der Waals surface area contributed by atoms with Gasteiger partial charge in [0.1, 0.15) is 0 Å². The minimum absolute atomic E-state index is 0.0617. The number of halogens is 2. The number of ketones is 1. The Hall–Kier alpha value is -1.22. The van der Waals surface area contributed by atoms with Gasteiger partial charge < -0.3 is 0 Å². The van der Waals surface area contributed by atoms with Crippen LogP contribution in [-0.4, -0.2) is 5.78 Å². The van der Waals surface area contributed by atoms with Gasteiger partial charge in [0.05, 0.1) is 15.0 Å². The van der Waals surface area contributed by atoms with E-state index in [2.05, 4.69) is 0 Å². The number of Topliss-reactive ketones (excluding diaryl/α,β-unsaturated/α-hetero) is 1. The van der Waals surface area contributed by atoms with E-state index in [1.54, 1.807) is 12.1 Å². The van der Waals surface area contributed by atoms with Gasteiger partial charge in [-0.05, 0) is 35.9 Å². The molecule has 0 aromatic heterocycles. The van der Waals surface area contributed by atoms with Crippen molar-refractivity contribution in [2.75, 3.05) is 0 Å². The topological polar surface area (TPSA) is 17.1 Å². The largest absolute Gasteiger partial charge is 0.288 e. The molecular weight excluding hydrogens is 299 g/mol. The Morgan fingerprint density at radius 2 is 1.79 bits per heavy atom. The zero-order valence-corrected chi connectivity index (χ0v) is 12.0. The van der Waals surface area contributed by atoms with Gasteiger partial charge in [0.25, 0.3) is 0 Å². The first-order valence-corrected chi connectivity index (χ1v) is 7.21. The molecule has 0 saturated carbocycles. The summed E-state index contributed by atoms with van der Waals surface area (Å²) in [5.41, 5.74) is 1.64. The molecule has 1 aliphatic heterocycles. The molecule has 0 spiro atoms. The lowest BCUT2D eigenvalue weighted by Gasteiger charge is -1.99. The molecule has 0 saturated heterocycles. The van der Waals surface area contributed by atoms with Gasteiger partial charge >= 0.3 is 0 Å². The van der Waals surface area contributed by atoms with Crippen LogP contribution >= 0.6 is 35.0 Å². The summed E-state index contributed by atoms with van der Waals surface area (Å²) in [4.78, 5) is 13.9. The number of thioether (sulfide) groups is 1. The molecule has 0 amide bonds. The van der Waals surface area contributed by atoms with Gasteiger partial charge in [-0.2, -0.15) is 0 Å². The zero-order valence-electron chi connectivity index (χ0n) is 9.69. The quantitative estimate of drug-likeness (QED) is 0.663. The maximum atomic E-state index is 12.2. The van der Waals surface area contributed by atoms with E-state index in [1.807, 2.05) is 36.4 Å². The molecule has 0 N–H and O–H groups in total. The highest BCUT2D eigenvalue weighted by atomic mass is 35.5. The van der Waals surface area contributed by atoms with Crippen LogP contribution < -0.4 is 0 Å². The molecule has 0 atom stereocenters. The molecule has 2 aromatic rings. The minimum atomic E-state index is 0.0617. The minimum Gasteiger partial charge on any atom is -0.288 e. The Morgan fingerprint density at radius 3 is 2.53 bits per heavy atom. The molecule has 1 aliphatic rings. The predicted octanol–water partition coefficient (Wildman–Crippen LogP) is 5.32. The average molecular weight is 307 g/mol. The van der Waals surface area contributed by atoms with Gasteiger partial charge in [0, 0.05) is 10.5 Å². The first-order valence-electron chi connectivity index (χ1n) is 5.63. The second kappa shape index (κ2) is 5.04. The molecule has 0 unspecified atom stereocenters. The molecule has 4 heteroatoms. The molecule has 2 aromatic carbocycles. The van der Waals surface area contributed by atoms with Crippen molar-refractivity contribution in [1.29, 1.82) is 0 Å². The summed E-state index contributed by atoms with van der Waals surface area (Å²) in [6.07, 6.45) is 1.84. The molecule has 0 radical (unpaired) electrons. The fourth-order valence-corrected chi connectivity index (χ4v) is 3.25. The second-order valence-electron chi connectivity index (χ2n) is 4.11. The highest BCUT2D eigenvalue weighted by Crippen LogP contribution is 2.40. The van der Waals surface area contributed by atoms with Crippen LogP contribution in [0.3, 0.4) is 0 Å². The van der Waals surface area contributed by atoms with Crippen molar-refractivity contribution in [2.45, 2.75) is 4.90 Å². The monoisotopic (exact) mass is 306 g/mol. The average Bonchev–Trinajstić information content (AvgIpc) is 2.72. The summed E-state index contributed by atoms with van der Waals surface area (Å²) in [6, 6.07) is 12.9. The van der Waals surface area contributed by atoms with Crippen molar-refractivity contribution >= 4 is 46.8 Å². The normalized spacial score (nSPS) is 15.9. The van der Waals surface area contributed by atoms with Crippen molar-refractivity contribution in [2.24, 2.45) is 0 Å². The molecule has 1 heterocycles. The molecule has 94 valence electrons. The van der Waals surface area contributed by atoms with E-state index in [4.69, 9.17) is 23.2 Å². The number of allylic oxidation sites excluding steroid dienone is 1. The summed E-state index contributed by atoms with van der Waals surface area (Å²) in [5, 5.41) is 1.00. The first kappa shape index (κ1) is 12.8. The summed E-state index contributed by atoms with van der Waals surface area (Å²) in [5.74, 6) is 0.0617. The van der Waals surface area contributed by atoms with Crippen LogP contribution in [0.25, 0.3) is 6.08 Å². The van der Waals surface area contributed by atoms with E-state index in [0.717, 1.165) is 16.0 Å². The maximum Gasteiger partial charge on any atom is 0.200 e. The highest BCUT2D eigenvalue weighted by Gasteiger charge is 2.25. The Bertz CT molecular complexity index is 707. The van der Waals surface area contributed by atoms with Gasteiger partial charge in [-0.15, -0.1) is 0 Å². The third kappa shape index (κ3) is 2.44. The van der Waals surface area contributed by atoms with Crippen LogP contribution in [0.5, 0.6) is 0 Å². The highest BCUT2D eigenvalue weighted by molar-refractivity contribution is 8.04. The second-order valence-corrected chi connectivity index (χ2v) is 6.01. The van der Waals surface area contributed by atoms with Crippen LogP contribution in [0.15, 0.2) is 52.3 Å². The molecule has 0 bridgehead atoms. The maximum absolute atomic E-state index is 12.2. The van der Waals surface area contributed by atoms with E-state index in [-0.39, 0.29) is 5.78 Å². The van der Waals surface area contributed by atoms with Crippen molar-refractivity contribution in [3.63, 3.8) is 0 Å². The number of rotatable bonds is 1. The molecule has 19 heavy (non-hydrogen) atoms. The van der Waals surface area contributed by atoms with Crippen LogP contribution in [0.1, 0.15) is 15.9 Å². The van der Waals surface area contributed by atoms with Crippen molar-refractivity contribution in [1.82, 2.24) is 0 Å². The number of hydrogen-bond acceptors (Lipinski definition) is 2. The number of carbonyl (C=O) groups excluding carboxylic acids is 1. The van der Waals surface area contributed by atoms with E-state index < -0.39 is 0 Å². The van der Waals surface area contributed by atoms with Gasteiger partial charge in [0.15, 0.2) is 0 Å². The van der Waals surface area contributed by atoms with Crippen molar-refractivity contribution in [3.8, 4) is 0 Å². The fourth-order valence-electron chi connectivity index (χ4n) is 1.89. The lowest BCUT2D eigenvalue weighted by atomic mass is 10.1. The number of hydrogen-bond donors (Lipinski definition) is 0. The summed E-state index contributed by atoms with van der Waals surface area (Å²) >= 11 is 13.3. The lowest BCUT2D eigenvalue weighted by Crippen LogP contribution is -1.93. The smallest absolute Gasteiger partial charge is 0.200 e. The van der Waals surface area contributed by atoms with Crippen LogP contribution in [0.2, 0.25) is 10.0 Å². The standard InChI is InChI=1S/C15H8Cl2OS/c16-11-6-5-9(7-12(11)17)8-14-15(18)10-3-1-2-4-13(10)19-14/h1-8H/b14-8+. The van der Waals surface area contributed by atoms with Gasteiger partial charge in [-0.1, -0.05) is 53.2 Å². The van der Waals surface area contributed by atoms with Crippen LogP contribution in [0.4, 0.5) is 0 Å². The van der Waals surface area contributed by atoms with E-state index >= 15 is 0 Å². The molecular formula is C15H8Cl2OS. The summed E-state index contributed by atoms with van der Waals surface area (Å²) in [7, 11) is 0. The van der Waals surface area contributed by atoms with Crippen LogP contribution in [-0.2, 0) is 0 Å². The van der Waals surface area contributed by atoms with Gasteiger partial charge in [-0.25, -0.2) is 0 Å². The Labute approximate surface area is 125 Å².